The van der Waals surface area contributed by atoms with E-state index in [1.807, 2.05) is 0 Å². The smallest absolute Gasteiger partial charge is 0.161 e. The lowest BCUT2D eigenvalue weighted by atomic mass is 9.64. The zero-order chi connectivity index (χ0) is 11.8. The van der Waals surface area contributed by atoms with Gasteiger partial charge in [-0.1, -0.05) is 18.0 Å². The first-order chi connectivity index (χ1) is 7.63. The predicted molar refractivity (Wildman–Crippen MR) is 64.3 cm³/mol. The highest BCUT2D eigenvalue weighted by molar-refractivity contribution is 6.31. The van der Waals surface area contributed by atoms with Crippen LogP contribution in [0.4, 0.5) is 0 Å². The maximum Gasteiger partial charge on any atom is 0.161 e. The average molecular weight is 242 g/mol. The molecule has 2 rings (SSSR count). The van der Waals surface area contributed by atoms with E-state index >= 15 is 0 Å². The summed E-state index contributed by atoms with van der Waals surface area (Å²) in [7, 11) is 1.51. The highest BCUT2D eigenvalue weighted by atomic mass is 35.5. The first-order valence-corrected chi connectivity index (χ1v) is 5.78. The summed E-state index contributed by atoms with van der Waals surface area (Å²) in [6, 6.07) is 3.34. The van der Waals surface area contributed by atoms with Crippen LogP contribution in [0.25, 0.3) is 0 Å². The monoisotopic (exact) mass is 241 g/mol. The summed E-state index contributed by atoms with van der Waals surface area (Å²) in [6.07, 6.45) is 3.24. The second kappa shape index (κ2) is 4.15. The van der Waals surface area contributed by atoms with Gasteiger partial charge in [-0.2, -0.15) is 0 Å². The van der Waals surface area contributed by atoms with Crippen molar-refractivity contribution < 1.29 is 9.84 Å². The Labute approximate surface area is 100 Å². The van der Waals surface area contributed by atoms with Crippen molar-refractivity contribution in [2.45, 2.75) is 24.7 Å². The highest BCUT2D eigenvalue weighted by Gasteiger charge is 2.39. The standard InChI is InChI=1S/C12H16ClNO2/c1-16-11-6-9(13)8(5-10(11)15)12(7-14)3-2-4-12/h5-6,15H,2-4,7,14H2,1H3. The highest BCUT2D eigenvalue weighted by Crippen LogP contribution is 2.47. The molecule has 0 unspecified atom stereocenters. The number of benzene rings is 1. The molecule has 3 N–H and O–H groups in total. The summed E-state index contributed by atoms with van der Waals surface area (Å²) in [5, 5.41) is 10.4. The Kier molecular flexibility index (Phi) is 3.00. The van der Waals surface area contributed by atoms with Crippen LogP contribution in [0.2, 0.25) is 5.02 Å². The summed E-state index contributed by atoms with van der Waals surface area (Å²) >= 11 is 6.21. The van der Waals surface area contributed by atoms with Crippen molar-refractivity contribution in [2.24, 2.45) is 5.73 Å². The third-order valence-corrected chi connectivity index (χ3v) is 3.85. The zero-order valence-electron chi connectivity index (χ0n) is 9.29. The fourth-order valence-corrected chi connectivity index (χ4v) is 2.65. The van der Waals surface area contributed by atoms with Gasteiger partial charge in [-0.3, -0.25) is 0 Å². The summed E-state index contributed by atoms with van der Waals surface area (Å²) in [5.74, 6) is 0.530. The van der Waals surface area contributed by atoms with Gasteiger partial charge in [-0.15, -0.1) is 0 Å². The van der Waals surface area contributed by atoms with Crippen LogP contribution < -0.4 is 10.5 Å². The minimum absolute atomic E-state index is 0.0408. The minimum atomic E-state index is -0.0408. The minimum Gasteiger partial charge on any atom is -0.504 e. The molecule has 0 radical (unpaired) electrons. The molecule has 0 saturated heterocycles. The lowest BCUT2D eigenvalue weighted by Crippen LogP contribution is -2.41. The molecule has 88 valence electrons. The van der Waals surface area contributed by atoms with Crippen molar-refractivity contribution in [1.82, 2.24) is 0 Å². The van der Waals surface area contributed by atoms with Crippen LogP contribution in [0.15, 0.2) is 12.1 Å². The molecule has 1 aliphatic carbocycles. The molecule has 0 aromatic heterocycles. The number of rotatable bonds is 3. The number of methoxy groups -OCH3 is 1. The van der Waals surface area contributed by atoms with E-state index in [9.17, 15) is 5.11 Å². The lowest BCUT2D eigenvalue weighted by molar-refractivity contribution is 0.252. The van der Waals surface area contributed by atoms with E-state index in [1.165, 1.54) is 13.5 Å². The van der Waals surface area contributed by atoms with Gasteiger partial charge in [0.2, 0.25) is 0 Å². The van der Waals surface area contributed by atoms with Crippen LogP contribution in [0.3, 0.4) is 0 Å². The Morgan fingerprint density at radius 2 is 2.19 bits per heavy atom. The van der Waals surface area contributed by atoms with Crippen molar-refractivity contribution >= 4 is 11.6 Å². The van der Waals surface area contributed by atoms with Crippen molar-refractivity contribution in [3.05, 3.63) is 22.7 Å². The Morgan fingerprint density at radius 3 is 2.62 bits per heavy atom. The Morgan fingerprint density at radius 1 is 1.50 bits per heavy atom. The van der Waals surface area contributed by atoms with Crippen LogP contribution in [0, 0.1) is 0 Å². The number of hydrogen-bond acceptors (Lipinski definition) is 3. The van der Waals surface area contributed by atoms with Crippen LogP contribution >= 0.6 is 11.6 Å². The van der Waals surface area contributed by atoms with Crippen molar-refractivity contribution in [1.29, 1.82) is 0 Å². The molecule has 3 nitrogen and oxygen atoms in total. The van der Waals surface area contributed by atoms with Gasteiger partial charge in [-0.25, -0.2) is 0 Å². The fourth-order valence-electron chi connectivity index (χ4n) is 2.30. The Hall–Kier alpha value is -0.930. The van der Waals surface area contributed by atoms with E-state index in [1.54, 1.807) is 12.1 Å². The van der Waals surface area contributed by atoms with E-state index in [0.717, 1.165) is 18.4 Å². The molecule has 1 aromatic rings. The molecule has 0 spiro atoms. The van der Waals surface area contributed by atoms with E-state index < -0.39 is 0 Å². The van der Waals surface area contributed by atoms with Crippen LogP contribution in [-0.4, -0.2) is 18.8 Å². The van der Waals surface area contributed by atoms with Crippen molar-refractivity contribution in [2.75, 3.05) is 13.7 Å². The summed E-state index contributed by atoms with van der Waals surface area (Å²) in [6.45, 7) is 0.568. The number of ether oxygens (including phenoxy) is 1. The molecular formula is C12H16ClNO2. The molecule has 0 atom stereocenters. The fraction of sp³-hybridized carbons (Fsp3) is 0.500. The molecule has 16 heavy (non-hydrogen) atoms. The SMILES string of the molecule is COc1cc(Cl)c(C2(CN)CCC2)cc1O. The van der Waals surface area contributed by atoms with E-state index in [4.69, 9.17) is 22.1 Å². The van der Waals surface area contributed by atoms with Gasteiger partial charge in [0.25, 0.3) is 0 Å². The number of hydrogen-bond donors (Lipinski definition) is 2. The molecule has 1 fully saturated rings. The lowest BCUT2D eigenvalue weighted by Gasteiger charge is -2.42. The van der Waals surface area contributed by atoms with Crippen molar-refractivity contribution in [3.8, 4) is 11.5 Å². The first-order valence-electron chi connectivity index (χ1n) is 5.40. The Balaban J connectivity index is 2.45. The zero-order valence-corrected chi connectivity index (χ0v) is 10.0. The summed E-state index contributed by atoms with van der Waals surface area (Å²) in [5.41, 5.74) is 6.72. The molecular weight excluding hydrogens is 226 g/mol. The molecule has 0 bridgehead atoms. The maximum absolute atomic E-state index is 9.77. The van der Waals surface area contributed by atoms with Crippen LogP contribution in [0.1, 0.15) is 24.8 Å². The average Bonchev–Trinajstić information content (AvgIpc) is 2.22. The first kappa shape index (κ1) is 11.6. The molecule has 0 heterocycles. The number of aromatic hydroxyl groups is 1. The molecule has 1 aromatic carbocycles. The van der Waals surface area contributed by atoms with E-state index in [2.05, 4.69) is 0 Å². The second-order valence-electron chi connectivity index (χ2n) is 4.34. The predicted octanol–water partition coefficient (Wildman–Crippen LogP) is 2.43. The topological polar surface area (TPSA) is 55.5 Å². The van der Waals surface area contributed by atoms with E-state index in [0.29, 0.717) is 17.3 Å². The molecule has 0 aliphatic heterocycles. The molecule has 0 amide bonds. The van der Waals surface area contributed by atoms with Gasteiger partial charge < -0.3 is 15.6 Å². The van der Waals surface area contributed by atoms with Gasteiger partial charge >= 0.3 is 0 Å². The number of phenols is 1. The van der Waals surface area contributed by atoms with Gasteiger partial charge in [0, 0.05) is 23.0 Å². The quantitative estimate of drug-likeness (QED) is 0.855. The summed E-state index contributed by atoms with van der Waals surface area (Å²) in [4.78, 5) is 0. The number of phenolic OH excluding ortho intramolecular Hbond substituents is 1. The van der Waals surface area contributed by atoms with Crippen LogP contribution in [0.5, 0.6) is 11.5 Å². The van der Waals surface area contributed by atoms with Gasteiger partial charge in [0.05, 0.1) is 7.11 Å². The van der Waals surface area contributed by atoms with Crippen LogP contribution in [-0.2, 0) is 5.41 Å². The van der Waals surface area contributed by atoms with Crippen molar-refractivity contribution in [3.63, 3.8) is 0 Å². The van der Waals surface area contributed by atoms with Gasteiger partial charge in [0.1, 0.15) is 0 Å². The third kappa shape index (κ3) is 1.64. The second-order valence-corrected chi connectivity index (χ2v) is 4.75. The molecule has 4 heteroatoms. The van der Waals surface area contributed by atoms with E-state index in [-0.39, 0.29) is 11.2 Å². The molecule has 1 aliphatic rings. The normalized spacial score (nSPS) is 17.9. The number of nitrogens with two attached hydrogens (primary N) is 1. The maximum atomic E-state index is 9.77. The number of halogens is 1. The Bertz CT molecular complexity index is 397. The van der Waals surface area contributed by atoms with Gasteiger partial charge in [-0.05, 0) is 24.5 Å². The largest absolute Gasteiger partial charge is 0.504 e. The molecule has 1 saturated carbocycles. The third-order valence-electron chi connectivity index (χ3n) is 3.54. The van der Waals surface area contributed by atoms with Gasteiger partial charge in [0.15, 0.2) is 11.5 Å². The summed E-state index contributed by atoms with van der Waals surface area (Å²) < 4.78 is 5.01.